The molecule has 0 spiro atoms. The molecule has 0 aliphatic carbocycles. The summed E-state index contributed by atoms with van der Waals surface area (Å²) in [5.74, 6) is 0. The fraction of sp³-hybridized carbons (Fsp3) is 1.00. The number of hydrogen-bond acceptors (Lipinski definition) is 5. The summed E-state index contributed by atoms with van der Waals surface area (Å²) >= 11 is 10.2. The molecule has 0 saturated carbocycles. The molecule has 1 N–H and O–H groups in total. The van der Waals surface area contributed by atoms with E-state index >= 15 is 0 Å². The average molecular weight is 267 g/mol. The lowest BCUT2D eigenvalue weighted by Gasteiger charge is -2.05. The predicted molar refractivity (Wildman–Crippen MR) is 54.0 cm³/mol. The van der Waals surface area contributed by atoms with Crippen LogP contribution in [0.3, 0.4) is 0 Å². The Hall–Kier alpha value is 0.650. The second kappa shape index (κ2) is 8.92. The van der Waals surface area contributed by atoms with E-state index in [-0.39, 0.29) is 19.8 Å². The van der Waals surface area contributed by atoms with Crippen molar-refractivity contribution < 1.29 is 23.7 Å². The van der Waals surface area contributed by atoms with Crippen molar-refractivity contribution in [3.8, 4) is 0 Å². The third-order valence-electron chi connectivity index (χ3n) is 1.08. The van der Waals surface area contributed by atoms with Gasteiger partial charge in [0.05, 0.1) is 39.6 Å². The summed E-state index contributed by atoms with van der Waals surface area (Å²) in [5.41, 5.74) is 0. The second-order valence-electron chi connectivity index (χ2n) is 2.20. The van der Waals surface area contributed by atoms with Crippen molar-refractivity contribution in [1.82, 2.24) is 0 Å². The first-order valence-corrected chi connectivity index (χ1v) is 7.40. The lowest BCUT2D eigenvalue weighted by atomic mass is 10.7. The fourth-order valence-corrected chi connectivity index (χ4v) is 1.29. The Morgan fingerprint density at radius 2 is 1.50 bits per heavy atom. The van der Waals surface area contributed by atoms with Gasteiger partial charge in [-0.05, 0) is 22.5 Å². The first kappa shape index (κ1) is 14.6. The van der Waals surface area contributed by atoms with Gasteiger partial charge in [0.2, 0.25) is 0 Å². The molecule has 0 saturated heterocycles. The largest absolute Gasteiger partial charge is 0.394 e. The van der Waals surface area contributed by atoms with E-state index in [0.717, 1.165) is 0 Å². The molecular weight excluding hydrogens is 254 g/mol. The highest BCUT2D eigenvalue weighted by atomic mass is 35.9. The summed E-state index contributed by atoms with van der Waals surface area (Å²) in [6.45, 7) is 1.36. The number of rotatable bonds is 9. The van der Waals surface area contributed by atoms with Gasteiger partial charge in [0.15, 0.2) is 0 Å². The van der Waals surface area contributed by atoms with Gasteiger partial charge < -0.3 is 19.1 Å². The molecule has 0 aromatic carbocycles. The molecule has 14 heavy (non-hydrogen) atoms. The van der Waals surface area contributed by atoms with Crippen LogP contribution in [0.4, 0.5) is 0 Å². The Kier molecular flexibility index (Phi) is 9.33. The maximum absolute atomic E-state index is 10.6. The van der Waals surface area contributed by atoms with Crippen LogP contribution in [0.2, 0.25) is 0 Å². The van der Waals surface area contributed by atoms with Crippen molar-refractivity contribution in [2.45, 2.75) is 0 Å². The van der Waals surface area contributed by atoms with Crippen LogP contribution in [-0.4, -0.2) is 44.7 Å². The standard InChI is InChI=1S/C6H13Cl2O5P/c7-14(8,10)13-6-5-12-4-3-11-2-1-9/h9H,1-6H2. The van der Waals surface area contributed by atoms with Crippen LogP contribution in [0.25, 0.3) is 0 Å². The normalized spacial score (nSPS) is 11.9. The van der Waals surface area contributed by atoms with Gasteiger partial charge in [-0.3, -0.25) is 4.57 Å². The van der Waals surface area contributed by atoms with Gasteiger partial charge >= 0.3 is 6.07 Å². The summed E-state index contributed by atoms with van der Waals surface area (Å²) in [6, 6.07) is 0. The molecule has 8 heteroatoms. The van der Waals surface area contributed by atoms with E-state index in [2.05, 4.69) is 4.52 Å². The van der Waals surface area contributed by atoms with Crippen molar-refractivity contribution in [3.63, 3.8) is 0 Å². The van der Waals surface area contributed by atoms with Gasteiger partial charge in [0.1, 0.15) is 0 Å². The maximum Gasteiger partial charge on any atom is 0.380 e. The zero-order chi connectivity index (χ0) is 10.9. The third-order valence-corrected chi connectivity index (χ3v) is 2.15. The number of aliphatic hydroxyl groups excluding tert-OH is 1. The van der Waals surface area contributed by atoms with Gasteiger partial charge in [-0.25, -0.2) is 0 Å². The summed E-state index contributed by atoms with van der Waals surface area (Å²) in [5, 5.41) is 8.35. The minimum Gasteiger partial charge on any atom is -0.394 e. The lowest BCUT2D eigenvalue weighted by molar-refractivity contribution is 0.0255. The molecule has 0 aromatic heterocycles. The predicted octanol–water partition coefficient (Wildman–Crippen LogP) is 1.61. The molecular formula is C6H13Cl2O5P. The first-order chi connectivity index (χ1) is 6.56. The quantitative estimate of drug-likeness (QED) is 0.508. The van der Waals surface area contributed by atoms with E-state index in [1.165, 1.54) is 0 Å². The van der Waals surface area contributed by atoms with Crippen molar-refractivity contribution in [2.75, 3.05) is 39.6 Å². The van der Waals surface area contributed by atoms with E-state index in [1.807, 2.05) is 0 Å². The number of halogens is 2. The third kappa shape index (κ3) is 12.7. The molecule has 0 heterocycles. The van der Waals surface area contributed by atoms with Crippen LogP contribution >= 0.6 is 28.6 Å². The molecule has 5 nitrogen and oxygen atoms in total. The molecule has 86 valence electrons. The van der Waals surface area contributed by atoms with Crippen molar-refractivity contribution in [3.05, 3.63) is 0 Å². The highest BCUT2D eigenvalue weighted by molar-refractivity contribution is 8.05. The minimum atomic E-state index is -3.43. The number of hydrogen-bond donors (Lipinski definition) is 1. The van der Waals surface area contributed by atoms with Gasteiger partial charge in [0.25, 0.3) is 0 Å². The molecule has 0 rings (SSSR count). The molecule has 0 aromatic rings. The van der Waals surface area contributed by atoms with E-state index in [9.17, 15) is 4.57 Å². The minimum absolute atomic E-state index is 0.00914. The van der Waals surface area contributed by atoms with E-state index in [1.54, 1.807) is 0 Å². The summed E-state index contributed by atoms with van der Waals surface area (Å²) in [4.78, 5) is 0. The van der Waals surface area contributed by atoms with Crippen LogP contribution in [0, 0.1) is 0 Å². The van der Waals surface area contributed by atoms with Gasteiger partial charge in [-0.2, -0.15) is 0 Å². The molecule has 0 atom stereocenters. The SMILES string of the molecule is O=P(Cl)(Cl)OCCOCCOCCO. The van der Waals surface area contributed by atoms with E-state index < -0.39 is 6.07 Å². The average Bonchev–Trinajstić information content (AvgIpc) is 2.08. The smallest absolute Gasteiger partial charge is 0.380 e. The van der Waals surface area contributed by atoms with Gasteiger partial charge in [-0.15, -0.1) is 0 Å². The topological polar surface area (TPSA) is 65.0 Å². The van der Waals surface area contributed by atoms with Crippen LogP contribution in [-0.2, 0) is 18.6 Å². The summed E-state index contributed by atoms with van der Waals surface area (Å²) in [7, 11) is 0. The molecule has 0 fully saturated rings. The number of aliphatic hydroxyl groups is 1. The van der Waals surface area contributed by atoms with Gasteiger partial charge in [-0.1, -0.05) is 0 Å². The fourth-order valence-electron chi connectivity index (χ4n) is 0.589. The molecule has 0 unspecified atom stereocenters. The summed E-state index contributed by atoms with van der Waals surface area (Å²) in [6.07, 6.45) is -3.43. The first-order valence-electron chi connectivity index (χ1n) is 3.96. The van der Waals surface area contributed by atoms with Crippen LogP contribution < -0.4 is 0 Å². The Morgan fingerprint density at radius 1 is 1.00 bits per heavy atom. The maximum atomic E-state index is 10.6. The Bertz CT molecular complexity index is 174. The Morgan fingerprint density at radius 3 is 2.00 bits per heavy atom. The van der Waals surface area contributed by atoms with Crippen molar-refractivity contribution in [1.29, 1.82) is 0 Å². The second-order valence-corrected chi connectivity index (χ2v) is 6.47. The van der Waals surface area contributed by atoms with Gasteiger partial charge in [0, 0.05) is 0 Å². The number of ether oxygens (including phenoxy) is 2. The van der Waals surface area contributed by atoms with Crippen LogP contribution in [0.1, 0.15) is 0 Å². The van der Waals surface area contributed by atoms with Crippen LogP contribution in [0.5, 0.6) is 0 Å². The van der Waals surface area contributed by atoms with Crippen molar-refractivity contribution >= 4 is 28.6 Å². The monoisotopic (exact) mass is 266 g/mol. The highest BCUT2D eigenvalue weighted by Crippen LogP contribution is 2.57. The Labute approximate surface area is 92.3 Å². The van der Waals surface area contributed by atoms with Crippen LogP contribution in [0.15, 0.2) is 0 Å². The molecule has 0 amide bonds. The zero-order valence-corrected chi connectivity index (χ0v) is 9.93. The van der Waals surface area contributed by atoms with E-state index in [0.29, 0.717) is 19.8 Å². The molecule has 0 radical (unpaired) electrons. The lowest BCUT2D eigenvalue weighted by Crippen LogP contribution is -2.09. The molecule has 0 aliphatic heterocycles. The molecule has 0 aliphatic rings. The summed E-state index contributed by atoms with van der Waals surface area (Å²) < 4.78 is 25.0. The highest BCUT2D eigenvalue weighted by Gasteiger charge is 2.12. The zero-order valence-electron chi connectivity index (χ0n) is 7.53. The molecule has 0 bridgehead atoms. The Balaban J connectivity index is 3.03. The van der Waals surface area contributed by atoms with Crippen molar-refractivity contribution in [2.24, 2.45) is 0 Å². The van der Waals surface area contributed by atoms with E-state index in [4.69, 9.17) is 37.1 Å².